The van der Waals surface area contributed by atoms with Gasteiger partial charge in [-0.1, -0.05) is 6.07 Å². The highest BCUT2D eigenvalue weighted by atomic mass is 16.4. The summed E-state index contributed by atoms with van der Waals surface area (Å²) in [5.74, 6) is -1.18. The largest absolute Gasteiger partial charge is 0.481 e. The molecule has 11 nitrogen and oxygen atoms in total. The van der Waals surface area contributed by atoms with E-state index in [1.807, 2.05) is 12.1 Å². The van der Waals surface area contributed by atoms with Gasteiger partial charge in [-0.15, -0.1) is 0 Å². The van der Waals surface area contributed by atoms with Crippen molar-refractivity contribution in [3.05, 3.63) is 34.9 Å². The second-order valence-electron chi connectivity index (χ2n) is 9.96. The monoisotopic (exact) mass is 494 g/mol. The normalized spacial score (nSPS) is 30.3. The molecule has 2 fully saturated rings. The number of aliphatic carboxylic acids is 1. The van der Waals surface area contributed by atoms with Crippen molar-refractivity contribution in [2.75, 3.05) is 13.6 Å². The second kappa shape index (κ2) is 9.81. The number of aromatic carboxylic acids is 1. The minimum atomic E-state index is -0.964. The van der Waals surface area contributed by atoms with Crippen molar-refractivity contribution in [1.82, 2.24) is 15.8 Å². The first-order chi connectivity index (χ1) is 17.3. The van der Waals surface area contributed by atoms with Gasteiger partial charge in [-0.25, -0.2) is 14.8 Å². The number of amidine groups is 1. The van der Waals surface area contributed by atoms with Crippen LogP contribution in [0.5, 0.6) is 0 Å². The summed E-state index contributed by atoms with van der Waals surface area (Å²) in [6.45, 7) is 0.594. The number of benzene rings is 1. The van der Waals surface area contributed by atoms with Gasteiger partial charge in [0.25, 0.3) is 5.91 Å². The fraction of sp³-hybridized carbons (Fsp3) is 0.520. The van der Waals surface area contributed by atoms with E-state index in [0.29, 0.717) is 49.7 Å². The number of hydrogen-bond acceptors (Lipinski definition) is 7. The van der Waals surface area contributed by atoms with Gasteiger partial charge in [0.1, 0.15) is 30.0 Å². The van der Waals surface area contributed by atoms with Crippen LogP contribution in [0.3, 0.4) is 0 Å². The molecule has 2 heterocycles. The number of fused-ring (bicyclic) bond motifs is 2. The molecule has 11 heteroatoms. The van der Waals surface area contributed by atoms with E-state index in [9.17, 15) is 24.6 Å². The number of amides is 1. The van der Waals surface area contributed by atoms with Gasteiger partial charge in [0.05, 0.1) is 17.5 Å². The summed E-state index contributed by atoms with van der Waals surface area (Å²) in [7, 11) is 1.83. The Morgan fingerprint density at radius 3 is 2.67 bits per heavy atom. The average molecular weight is 495 g/mol. The Hall–Kier alpha value is -3.60. The molecule has 4 aliphatic rings. The molecule has 2 unspecified atom stereocenters. The summed E-state index contributed by atoms with van der Waals surface area (Å²) in [5.41, 5.74) is 5.71. The third-order valence-electron chi connectivity index (χ3n) is 7.71. The van der Waals surface area contributed by atoms with Crippen LogP contribution in [-0.4, -0.2) is 76.6 Å². The molecule has 3 atom stereocenters. The van der Waals surface area contributed by atoms with Gasteiger partial charge in [-0.3, -0.25) is 19.6 Å². The van der Waals surface area contributed by atoms with E-state index in [1.165, 1.54) is 6.34 Å². The molecule has 2 aliphatic carbocycles. The molecule has 1 aromatic carbocycles. The third-order valence-corrected chi connectivity index (χ3v) is 7.71. The van der Waals surface area contributed by atoms with Crippen molar-refractivity contribution in [1.29, 1.82) is 0 Å². The molecule has 0 aromatic heterocycles. The Kier molecular flexibility index (Phi) is 6.57. The molecule has 1 saturated heterocycles. The van der Waals surface area contributed by atoms with E-state index in [4.69, 9.17) is 4.99 Å². The summed E-state index contributed by atoms with van der Waals surface area (Å²) in [6.07, 6.45) is 5.85. The van der Waals surface area contributed by atoms with Crippen LogP contribution in [0.2, 0.25) is 0 Å². The fourth-order valence-corrected chi connectivity index (χ4v) is 5.68. The van der Waals surface area contributed by atoms with Gasteiger partial charge >= 0.3 is 11.9 Å². The van der Waals surface area contributed by atoms with Crippen LogP contribution in [0.4, 0.5) is 0 Å². The smallest absolute Gasteiger partial charge is 0.335 e. The number of nitrogens with one attached hydrogen (secondary N) is 2. The lowest BCUT2D eigenvalue weighted by Gasteiger charge is -2.25. The molecule has 4 N–H and O–H groups in total. The molecule has 0 spiro atoms. The van der Waals surface area contributed by atoms with Crippen LogP contribution >= 0.6 is 0 Å². The average Bonchev–Trinajstić information content (AvgIpc) is 3.42. The molecule has 5 rings (SSSR count). The number of rotatable bonds is 6. The van der Waals surface area contributed by atoms with Crippen LogP contribution in [-0.2, 0) is 16.0 Å². The molecule has 0 radical (unpaired) electrons. The summed E-state index contributed by atoms with van der Waals surface area (Å²) in [6, 6.07) is 4.06. The van der Waals surface area contributed by atoms with Gasteiger partial charge in [0.15, 0.2) is 0 Å². The number of aliphatic imine (C=N–C) groups is 3. The molecule has 1 saturated carbocycles. The first-order valence-corrected chi connectivity index (χ1v) is 12.3. The van der Waals surface area contributed by atoms with E-state index in [1.54, 1.807) is 18.2 Å². The first-order valence-electron chi connectivity index (χ1n) is 12.3. The summed E-state index contributed by atoms with van der Waals surface area (Å²) < 4.78 is 0. The Morgan fingerprint density at radius 2 is 1.94 bits per heavy atom. The number of nitrogens with zero attached hydrogens (tertiary/aromatic N) is 4. The Bertz CT molecular complexity index is 1170. The van der Waals surface area contributed by atoms with Gasteiger partial charge < -0.3 is 21.0 Å². The molecule has 2 aliphatic heterocycles. The highest BCUT2D eigenvalue weighted by Gasteiger charge is 2.44. The van der Waals surface area contributed by atoms with Gasteiger partial charge in [0, 0.05) is 13.6 Å². The van der Waals surface area contributed by atoms with Crippen LogP contribution in [0.25, 0.3) is 0 Å². The first kappa shape index (κ1) is 24.1. The third kappa shape index (κ3) is 4.62. The van der Waals surface area contributed by atoms with Crippen molar-refractivity contribution in [3.8, 4) is 0 Å². The lowest BCUT2D eigenvalue weighted by molar-refractivity contribution is -0.143. The zero-order valence-corrected chi connectivity index (χ0v) is 20.1. The SMILES string of the molecule is CN1NC(=NCC2CCC(C(=O)O)CC2)C2N=CN=C(C(=O)N[C@H]3CCc4cc(C(=O)O)ccc43)C21. The Labute approximate surface area is 208 Å². The lowest BCUT2D eigenvalue weighted by atomic mass is 9.82. The van der Waals surface area contributed by atoms with Crippen molar-refractivity contribution in [2.24, 2.45) is 26.8 Å². The summed E-state index contributed by atoms with van der Waals surface area (Å²) in [5, 5.41) is 23.3. The lowest BCUT2D eigenvalue weighted by Crippen LogP contribution is -2.50. The maximum Gasteiger partial charge on any atom is 0.335 e. The molecular weight excluding hydrogens is 464 g/mol. The number of carbonyl (C=O) groups excluding carboxylic acids is 1. The van der Waals surface area contributed by atoms with Crippen molar-refractivity contribution in [2.45, 2.75) is 56.7 Å². The maximum atomic E-state index is 13.3. The fourth-order valence-electron chi connectivity index (χ4n) is 5.68. The van der Waals surface area contributed by atoms with Gasteiger partial charge in [-0.2, -0.15) is 0 Å². The van der Waals surface area contributed by atoms with E-state index in [-0.39, 0.29) is 29.5 Å². The highest BCUT2D eigenvalue weighted by molar-refractivity contribution is 6.43. The zero-order valence-electron chi connectivity index (χ0n) is 20.1. The minimum Gasteiger partial charge on any atom is -0.481 e. The highest BCUT2D eigenvalue weighted by Crippen LogP contribution is 2.32. The topological polar surface area (TPSA) is 156 Å². The van der Waals surface area contributed by atoms with Gasteiger partial charge in [0.2, 0.25) is 0 Å². The predicted octanol–water partition coefficient (Wildman–Crippen LogP) is 1.45. The van der Waals surface area contributed by atoms with Crippen LogP contribution in [0, 0.1) is 11.8 Å². The van der Waals surface area contributed by atoms with Crippen molar-refractivity contribution in [3.63, 3.8) is 0 Å². The zero-order chi connectivity index (χ0) is 25.4. The minimum absolute atomic E-state index is 0.205. The van der Waals surface area contributed by atoms with Crippen molar-refractivity contribution >= 4 is 35.7 Å². The standard InChI is InChI=1S/C25H30N6O5/c1-31-21-19(22(30-31)26-11-13-2-4-14(5-3-13)24(33)34)27-12-28-20(21)23(32)29-18-9-7-15-10-16(25(35)36)6-8-17(15)18/h6,8,10,12-14,18-19,21H,2-5,7,9,11H2,1H3,(H,26,30)(H,29,32)(H,33,34)(H,35,36)/t13?,14?,18-,19?,21?/m0/s1. The molecule has 190 valence electrons. The predicted molar refractivity (Wildman–Crippen MR) is 132 cm³/mol. The summed E-state index contributed by atoms with van der Waals surface area (Å²) in [4.78, 5) is 49.3. The Balaban J connectivity index is 1.23. The molecular formula is C25H30N6O5. The van der Waals surface area contributed by atoms with Crippen LogP contribution in [0.1, 0.15) is 59.6 Å². The number of likely N-dealkylation sites (N-methyl/N-ethyl adjacent to an activating group) is 1. The number of hydrazine groups is 1. The number of hydrogen-bond donors (Lipinski definition) is 4. The Morgan fingerprint density at radius 1 is 1.17 bits per heavy atom. The van der Waals surface area contributed by atoms with Crippen LogP contribution in [0.15, 0.2) is 33.2 Å². The van der Waals surface area contributed by atoms with E-state index >= 15 is 0 Å². The van der Waals surface area contributed by atoms with E-state index in [2.05, 4.69) is 20.7 Å². The summed E-state index contributed by atoms with van der Waals surface area (Å²) >= 11 is 0. The van der Waals surface area contributed by atoms with E-state index < -0.39 is 18.0 Å². The maximum absolute atomic E-state index is 13.3. The number of aryl methyl sites for hydroxylation is 1. The second-order valence-corrected chi connectivity index (χ2v) is 9.96. The number of carbonyl (C=O) groups is 3. The van der Waals surface area contributed by atoms with E-state index in [0.717, 1.165) is 24.0 Å². The molecule has 1 amide bonds. The van der Waals surface area contributed by atoms with Gasteiger partial charge in [-0.05, 0) is 67.7 Å². The molecule has 1 aromatic rings. The molecule has 36 heavy (non-hydrogen) atoms. The van der Waals surface area contributed by atoms with Crippen LogP contribution < -0.4 is 10.7 Å². The van der Waals surface area contributed by atoms with Crippen molar-refractivity contribution < 1.29 is 24.6 Å². The molecule has 0 bridgehead atoms. The number of carboxylic acids is 2. The quantitative estimate of drug-likeness (QED) is 0.466. The number of carboxylic acid groups (broad SMARTS) is 2.